The second-order valence-electron chi connectivity index (χ2n) is 4.57. The second kappa shape index (κ2) is 7.65. The molecular weight excluding hydrogens is 296 g/mol. The van der Waals surface area contributed by atoms with E-state index in [1.165, 1.54) is 18.2 Å². The Labute approximate surface area is 133 Å². The molecule has 23 heavy (non-hydrogen) atoms. The fraction of sp³-hybridized carbons (Fsp3) is 0.0588. The fourth-order valence-electron chi connectivity index (χ4n) is 1.78. The highest BCUT2D eigenvalue weighted by Gasteiger charge is 2.09. The Hall–Kier alpha value is -3.28. The highest BCUT2D eigenvalue weighted by Crippen LogP contribution is 2.14. The number of methoxy groups -OCH3 is 1. The van der Waals surface area contributed by atoms with Gasteiger partial charge in [-0.2, -0.15) is 0 Å². The van der Waals surface area contributed by atoms with Gasteiger partial charge in [0, 0.05) is 6.08 Å². The molecule has 0 saturated carbocycles. The maximum atomic E-state index is 11.8. The van der Waals surface area contributed by atoms with Crippen molar-refractivity contribution in [1.82, 2.24) is 10.9 Å². The molecule has 0 aliphatic rings. The van der Waals surface area contributed by atoms with Crippen molar-refractivity contribution in [1.29, 1.82) is 0 Å². The molecule has 2 amide bonds. The fourth-order valence-corrected chi connectivity index (χ4v) is 1.78. The first-order chi connectivity index (χ1) is 11.1. The zero-order chi connectivity index (χ0) is 16.7. The van der Waals surface area contributed by atoms with E-state index in [4.69, 9.17) is 4.74 Å². The van der Waals surface area contributed by atoms with Crippen molar-refractivity contribution in [3.8, 4) is 11.5 Å². The Morgan fingerprint density at radius 2 is 1.74 bits per heavy atom. The van der Waals surface area contributed by atoms with Crippen molar-refractivity contribution < 1.29 is 19.4 Å². The smallest absolute Gasteiger partial charge is 0.273 e. The number of carbonyl (C=O) groups is 2. The third-order valence-corrected chi connectivity index (χ3v) is 2.99. The summed E-state index contributed by atoms with van der Waals surface area (Å²) in [4.78, 5) is 23.5. The van der Waals surface area contributed by atoms with Crippen LogP contribution in [0.5, 0.6) is 11.5 Å². The minimum atomic E-state index is -0.603. The Morgan fingerprint density at radius 3 is 2.39 bits per heavy atom. The number of phenols is 1. The molecule has 0 aliphatic heterocycles. The molecule has 0 aromatic heterocycles. The Morgan fingerprint density at radius 1 is 1.04 bits per heavy atom. The van der Waals surface area contributed by atoms with E-state index in [0.717, 1.165) is 11.3 Å². The maximum absolute atomic E-state index is 11.8. The van der Waals surface area contributed by atoms with Crippen LogP contribution in [0.1, 0.15) is 15.9 Å². The molecule has 0 heterocycles. The summed E-state index contributed by atoms with van der Waals surface area (Å²) in [6.45, 7) is 0. The second-order valence-corrected chi connectivity index (χ2v) is 4.57. The third kappa shape index (κ3) is 4.60. The summed E-state index contributed by atoms with van der Waals surface area (Å²) < 4.78 is 5.04. The standard InChI is InChI=1S/C17H16N2O4/c1-23-13-9-6-12(7-10-13)8-11-16(21)18-19-17(22)14-4-2-3-5-15(14)20/h2-11,20H,1H3,(H,18,21)(H,19,22). The van der Waals surface area contributed by atoms with Crippen molar-refractivity contribution in [2.75, 3.05) is 7.11 Å². The van der Waals surface area contributed by atoms with Crippen LogP contribution < -0.4 is 15.6 Å². The zero-order valence-electron chi connectivity index (χ0n) is 12.4. The van der Waals surface area contributed by atoms with Crippen LogP contribution in [-0.2, 0) is 4.79 Å². The topological polar surface area (TPSA) is 87.7 Å². The molecule has 0 spiro atoms. The van der Waals surface area contributed by atoms with Gasteiger partial charge in [0.25, 0.3) is 11.8 Å². The third-order valence-electron chi connectivity index (χ3n) is 2.99. The van der Waals surface area contributed by atoms with Gasteiger partial charge in [-0.25, -0.2) is 0 Å². The summed E-state index contributed by atoms with van der Waals surface area (Å²) in [5.74, 6) is -0.534. The van der Waals surface area contributed by atoms with Crippen molar-refractivity contribution in [2.24, 2.45) is 0 Å². The average molecular weight is 312 g/mol. The largest absolute Gasteiger partial charge is 0.507 e. The van der Waals surface area contributed by atoms with Crippen LogP contribution in [-0.4, -0.2) is 24.0 Å². The van der Waals surface area contributed by atoms with Crippen LogP contribution in [0, 0.1) is 0 Å². The highest BCUT2D eigenvalue weighted by atomic mass is 16.5. The molecule has 0 unspecified atom stereocenters. The van der Waals surface area contributed by atoms with Crippen molar-refractivity contribution >= 4 is 17.9 Å². The van der Waals surface area contributed by atoms with Crippen LogP contribution in [0.2, 0.25) is 0 Å². The lowest BCUT2D eigenvalue weighted by molar-refractivity contribution is -0.117. The predicted octanol–water partition coefficient (Wildman–Crippen LogP) is 1.88. The quantitative estimate of drug-likeness (QED) is 0.594. The highest BCUT2D eigenvalue weighted by molar-refractivity contribution is 5.99. The molecular formula is C17H16N2O4. The van der Waals surface area contributed by atoms with Gasteiger partial charge in [0.2, 0.25) is 0 Å². The Balaban J connectivity index is 1.88. The summed E-state index contributed by atoms with van der Waals surface area (Å²) in [5.41, 5.74) is 5.35. The van der Waals surface area contributed by atoms with Crippen LogP contribution in [0.3, 0.4) is 0 Å². The molecule has 6 heteroatoms. The average Bonchev–Trinajstić information content (AvgIpc) is 2.58. The molecule has 118 valence electrons. The van der Waals surface area contributed by atoms with Gasteiger partial charge in [0.15, 0.2) is 0 Å². The van der Waals surface area contributed by atoms with Gasteiger partial charge in [0.1, 0.15) is 11.5 Å². The van der Waals surface area contributed by atoms with Gasteiger partial charge in [-0.1, -0.05) is 24.3 Å². The molecule has 0 atom stereocenters. The first-order valence-corrected chi connectivity index (χ1v) is 6.80. The number of hydrogen-bond donors (Lipinski definition) is 3. The molecule has 2 aromatic rings. The number of hydrogen-bond acceptors (Lipinski definition) is 4. The first kappa shape index (κ1) is 16.1. The number of ether oxygens (including phenoxy) is 1. The predicted molar refractivity (Wildman–Crippen MR) is 85.7 cm³/mol. The normalized spacial score (nSPS) is 10.3. The lowest BCUT2D eigenvalue weighted by Gasteiger charge is -2.06. The van der Waals surface area contributed by atoms with Gasteiger partial charge in [-0.15, -0.1) is 0 Å². The van der Waals surface area contributed by atoms with E-state index >= 15 is 0 Å². The number of rotatable bonds is 4. The van der Waals surface area contributed by atoms with Gasteiger partial charge in [-0.3, -0.25) is 20.4 Å². The van der Waals surface area contributed by atoms with E-state index in [9.17, 15) is 14.7 Å². The van der Waals surface area contributed by atoms with E-state index in [1.807, 2.05) is 0 Å². The number of nitrogens with one attached hydrogen (secondary N) is 2. The first-order valence-electron chi connectivity index (χ1n) is 6.80. The summed E-state index contributed by atoms with van der Waals surface area (Å²) >= 11 is 0. The van der Waals surface area contributed by atoms with E-state index in [-0.39, 0.29) is 11.3 Å². The molecule has 0 radical (unpaired) electrons. The summed E-state index contributed by atoms with van der Waals surface area (Å²) in [6.07, 6.45) is 2.88. The van der Waals surface area contributed by atoms with Crippen LogP contribution in [0.25, 0.3) is 6.08 Å². The minimum absolute atomic E-state index is 0.0759. The molecule has 0 aliphatic carbocycles. The van der Waals surface area contributed by atoms with Crippen molar-refractivity contribution in [2.45, 2.75) is 0 Å². The van der Waals surface area contributed by atoms with Crippen LogP contribution in [0.4, 0.5) is 0 Å². The van der Waals surface area contributed by atoms with Gasteiger partial charge >= 0.3 is 0 Å². The number of phenolic OH excluding ortho intramolecular Hbond substituents is 1. The van der Waals surface area contributed by atoms with Crippen LogP contribution >= 0.6 is 0 Å². The Bertz CT molecular complexity index is 724. The van der Waals surface area contributed by atoms with Gasteiger partial charge < -0.3 is 9.84 Å². The minimum Gasteiger partial charge on any atom is -0.507 e. The van der Waals surface area contributed by atoms with Gasteiger partial charge in [0.05, 0.1) is 12.7 Å². The monoisotopic (exact) mass is 312 g/mol. The molecule has 0 saturated heterocycles. The lowest BCUT2D eigenvalue weighted by Crippen LogP contribution is -2.40. The number of amides is 2. The Kier molecular flexibility index (Phi) is 5.35. The SMILES string of the molecule is COc1ccc(C=CC(=O)NNC(=O)c2ccccc2O)cc1. The van der Waals surface area contributed by atoms with Crippen molar-refractivity contribution in [3.05, 3.63) is 65.7 Å². The number of carbonyl (C=O) groups excluding carboxylic acids is 2. The summed E-state index contributed by atoms with van der Waals surface area (Å²) in [5, 5.41) is 9.54. The number of aromatic hydroxyl groups is 1. The van der Waals surface area contributed by atoms with E-state index < -0.39 is 11.8 Å². The van der Waals surface area contributed by atoms with Crippen LogP contribution in [0.15, 0.2) is 54.6 Å². The van der Waals surface area contributed by atoms with E-state index in [1.54, 1.807) is 49.6 Å². The van der Waals surface area contributed by atoms with E-state index in [0.29, 0.717) is 0 Å². The summed E-state index contributed by atoms with van der Waals surface area (Å²) in [7, 11) is 1.57. The number of hydrazine groups is 1. The molecule has 0 fully saturated rings. The molecule has 6 nitrogen and oxygen atoms in total. The maximum Gasteiger partial charge on any atom is 0.273 e. The zero-order valence-corrected chi connectivity index (χ0v) is 12.4. The van der Waals surface area contributed by atoms with Crippen molar-refractivity contribution in [3.63, 3.8) is 0 Å². The molecule has 3 N–H and O–H groups in total. The molecule has 0 bridgehead atoms. The van der Waals surface area contributed by atoms with E-state index in [2.05, 4.69) is 10.9 Å². The molecule has 2 aromatic carbocycles. The molecule has 2 rings (SSSR count). The lowest BCUT2D eigenvalue weighted by atomic mass is 10.2. The number of benzene rings is 2. The van der Waals surface area contributed by atoms with Gasteiger partial charge in [-0.05, 0) is 35.9 Å². The number of para-hydroxylation sites is 1. The summed E-state index contributed by atoms with van der Waals surface area (Å²) in [6, 6.07) is 13.2.